The van der Waals surface area contributed by atoms with Gasteiger partial charge >= 0.3 is 0 Å². The van der Waals surface area contributed by atoms with Gasteiger partial charge in [-0.2, -0.15) is 0 Å². The van der Waals surface area contributed by atoms with E-state index in [-0.39, 0.29) is 0 Å². The Morgan fingerprint density at radius 1 is 1.33 bits per heavy atom. The van der Waals surface area contributed by atoms with E-state index in [0.29, 0.717) is 24.2 Å². The Hall–Kier alpha value is -0.680. The Bertz CT molecular complexity index is 356. The second-order valence-corrected chi connectivity index (χ2v) is 5.00. The van der Waals surface area contributed by atoms with Crippen molar-refractivity contribution in [1.29, 1.82) is 0 Å². The second-order valence-electron chi connectivity index (χ2n) is 4.09. The van der Waals surface area contributed by atoms with Crippen molar-refractivity contribution in [2.24, 2.45) is 0 Å². The van der Waals surface area contributed by atoms with Crippen molar-refractivity contribution in [1.82, 2.24) is 9.97 Å². The van der Waals surface area contributed by atoms with E-state index in [1.165, 1.54) is 12.8 Å². The zero-order valence-corrected chi connectivity index (χ0v) is 9.77. The Balaban J connectivity index is 1.68. The van der Waals surface area contributed by atoms with Crippen LogP contribution in [0.15, 0.2) is 16.9 Å². The van der Waals surface area contributed by atoms with Crippen molar-refractivity contribution in [2.45, 2.75) is 37.5 Å². The summed E-state index contributed by atoms with van der Waals surface area (Å²) in [6.45, 7) is 0. The molecule has 15 heavy (non-hydrogen) atoms. The summed E-state index contributed by atoms with van der Waals surface area (Å²) in [6, 6.07) is 0.393. The quantitative estimate of drug-likeness (QED) is 0.892. The lowest BCUT2D eigenvalue weighted by atomic mass is 9.96. The van der Waals surface area contributed by atoms with Crippen LogP contribution in [0.3, 0.4) is 0 Å². The van der Waals surface area contributed by atoms with Gasteiger partial charge in [-0.3, -0.25) is 0 Å². The maximum Gasteiger partial charge on any atom is 0.222 e. The first-order valence-corrected chi connectivity index (χ1v) is 6.00. The van der Waals surface area contributed by atoms with Crippen LogP contribution in [0.2, 0.25) is 0 Å². The van der Waals surface area contributed by atoms with E-state index < -0.39 is 0 Å². The molecular formula is C10H12BrN3O. The Morgan fingerprint density at radius 3 is 2.73 bits per heavy atom. The zero-order chi connectivity index (χ0) is 10.3. The Labute approximate surface area is 96.6 Å². The molecule has 3 heterocycles. The fourth-order valence-electron chi connectivity index (χ4n) is 2.34. The summed E-state index contributed by atoms with van der Waals surface area (Å²) in [5, 5.41) is 3.33. The fourth-order valence-corrected chi connectivity index (χ4v) is 2.55. The summed E-state index contributed by atoms with van der Waals surface area (Å²) in [5.41, 5.74) is 0. The molecule has 1 aromatic rings. The van der Waals surface area contributed by atoms with Gasteiger partial charge in [-0.15, -0.1) is 0 Å². The van der Waals surface area contributed by atoms with Crippen LogP contribution in [-0.4, -0.2) is 28.2 Å². The van der Waals surface area contributed by atoms with Gasteiger partial charge in [-0.1, -0.05) is 0 Å². The largest absolute Gasteiger partial charge is 0.373 e. The van der Waals surface area contributed by atoms with Crippen molar-refractivity contribution in [3.05, 3.63) is 16.9 Å². The van der Waals surface area contributed by atoms with Crippen LogP contribution in [0.1, 0.15) is 19.3 Å². The Morgan fingerprint density at radius 2 is 2.13 bits per heavy atom. The van der Waals surface area contributed by atoms with Crippen molar-refractivity contribution >= 4 is 21.9 Å². The predicted molar refractivity (Wildman–Crippen MR) is 59.7 cm³/mol. The first kappa shape index (κ1) is 9.54. The molecule has 0 spiro atoms. The first-order valence-electron chi connectivity index (χ1n) is 5.21. The van der Waals surface area contributed by atoms with Crippen LogP contribution in [-0.2, 0) is 4.74 Å². The maximum atomic E-state index is 5.75. The molecule has 0 saturated carbocycles. The summed E-state index contributed by atoms with van der Waals surface area (Å²) in [5.74, 6) is 0.694. The van der Waals surface area contributed by atoms with Gasteiger partial charge in [-0.05, 0) is 35.2 Å². The van der Waals surface area contributed by atoms with E-state index in [1.807, 2.05) is 0 Å². The van der Waals surface area contributed by atoms with Crippen LogP contribution in [0.5, 0.6) is 0 Å². The highest BCUT2D eigenvalue weighted by Crippen LogP contribution is 2.35. The topological polar surface area (TPSA) is 47.0 Å². The van der Waals surface area contributed by atoms with Crippen molar-refractivity contribution in [3.8, 4) is 0 Å². The number of hydrogen-bond acceptors (Lipinski definition) is 4. The number of nitrogens with zero attached hydrogens (tertiary/aromatic N) is 2. The minimum absolute atomic E-state index is 0.363. The third-order valence-corrected chi connectivity index (χ3v) is 3.45. The lowest BCUT2D eigenvalue weighted by molar-refractivity contribution is 0.102. The molecule has 2 bridgehead atoms. The highest BCUT2D eigenvalue weighted by Gasteiger charge is 2.40. The maximum absolute atomic E-state index is 5.75. The van der Waals surface area contributed by atoms with E-state index in [2.05, 4.69) is 31.2 Å². The van der Waals surface area contributed by atoms with E-state index >= 15 is 0 Å². The van der Waals surface area contributed by atoms with Gasteiger partial charge in [0.25, 0.3) is 0 Å². The molecule has 2 aliphatic rings. The van der Waals surface area contributed by atoms with Gasteiger partial charge in [0.1, 0.15) is 0 Å². The minimum Gasteiger partial charge on any atom is -0.373 e. The number of aromatic nitrogens is 2. The van der Waals surface area contributed by atoms with Crippen LogP contribution in [0.4, 0.5) is 5.95 Å². The standard InChI is InChI=1S/C10H12BrN3O/c11-6-4-12-10(13-5-6)14-8-3-7-1-2-9(8)15-7/h4-5,7-9H,1-3H2,(H,12,13,14). The number of rotatable bonds is 2. The molecule has 4 nitrogen and oxygen atoms in total. The van der Waals surface area contributed by atoms with E-state index in [4.69, 9.17) is 4.74 Å². The molecular weight excluding hydrogens is 258 g/mol. The minimum atomic E-state index is 0.363. The number of ether oxygens (including phenoxy) is 1. The van der Waals surface area contributed by atoms with E-state index in [0.717, 1.165) is 10.9 Å². The third-order valence-electron chi connectivity index (χ3n) is 3.04. The van der Waals surface area contributed by atoms with Gasteiger partial charge in [-0.25, -0.2) is 9.97 Å². The van der Waals surface area contributed by atoms with Crippen molar-refractivity contribution < 1.29 is 4.74 Å². The average Bonchev–Trinajstić information content (AvgIpc) is 2.83. The number of halogens is 1. The summed E-state index contributed by atoms with van der Waals surface area (Å²) in [4.78, 5) is 8.40. The molecule has 3 atom stereocenters. The highest BCUT2D eigenvalue weighted by molar-refractivity contribution is 9.10. The van der Waals surface area contributed by atoms with Crippen LogP contribution in [0, 0.1) is 0 Å². The number of anilines is 1. The van der Waals surface area contributed by atoms with Gasteiger partial charge in [0.05, 0.1) is 22.7 Å². The number of fused-ring (bicyclic) bond motifs is 2. The zero-order valence-electron chi connectivity index (χ0n) is 8.19. The smallest absolute Gasteiger partial charge is 0.222 e. The van der Waals surface area contributed by atoms with Crippen LogP contribution < -0.4 is 5.32 Å². The summed E-state index contributed by atoms with van der Waals surface area (Å²) >= 11 is 3.31. The molecule has 2 aliphatic heterocycles. The molecule has 80 valence electrons. The summed E-state index contributed by atoms with van der Waals surface area (Å²) in [6.07, 6.45) is 7.80. The lowest BCUT2D eigenvalue weighted by Gasteiger charge is -2.19. The first-order chi connectivity index (χ1) is 7.31. The summed E-state index contributed by atoms with van der Waals surface area (Å²) in [7, 11) is 0. The van der Waals surface area contributed by atoms with Gasteiger partial charge in [0, 0.05) is 12.4 Å². The van der Waals surface area contributed by atoms with Crippen LogP contribution in [0.25, 0.3) is 0 Å². The molecule has 1 aromatic heterocycles. The second kappa shape index (κ2) is 3.72. The average molecular weight is 270 g/mol. The molecule has 2 fully saturated rings. The SMILES string of the molecule is Brc1cnc(NC2CC3CCC2O3)nc1. The molecule has 0 aliphatic carbocycles. The molecule has 5 heteroatoms. The van der Waals surface area contributed by atoms with Crippen molar-refractivity contribution in [3.63, 3.8) is 0 Å². The van der Waals surface area contributed by atoms with Crippen molar-refractivity contribution in [2.75, 3.05) is 5.32 Å². The molecule has 3 rings (SSSR count). The molecule has 3 unspecified atom stereocenters. The van der Waals surface area contributed by atoms with Crippen LogP contribution >= 0.6 is 15.9 Å². The van der Waals surface area contributed by atoms with Gasteiger partial charge in [0.15, 0.2) is 0 Å². The Kier molecular flexibility index (Phi) is 2.36. The lowest BCUT2D eigenvalue weighted by Crippen LogP contribution is -2.31. The summed E-state index contributed by atoms with van der Waals surface area (Å²) < 4.78 is 6.65. The van der Waals surface area contributed by atoms with E-state index in [1.54, 1.807) is 12.4 Å². The molecule has 1 N–H and O–H groups in total. The predicted octanol–water partition coefficient (Wildman–Crippen LogP) is 1.97. The molecule has 0 radical (unpaired) electrons. The molecule has 0 aromatic carbocycles. The normalized spacial score (nSPS) is 33.3. The molecule has 2 saturated heterocycles. The highest BCUT2D eigenvalue weighted by atomic mass is 79.9. The monoisotopic (exact) mass is 269 g/mol. The van der Waals surface area contributed by atoms with Gasteiger partial charge < -0.3 is 10.1 Å². The third kappa shape index (κ3) is 1.86. The molecule has 0 amide bonds. The fraction of sp³-hybridized carbons (Fsp3) is 0.600. The number of hydrogen-bond donors (Lipinski definition) is 1. The van der Waals surface area contributed by atoms with Gasteiger partial charge in [0.2, 0.25) is 5.95 Å². The van der Waals surface area contributed by atoms with E-state index in [9.17, 15) is 0 Å². The number of nitrogens with one attached hydrogen (secondary N) is 1.